The number of likely N-dealkylation sites (N-methyl/N-ethyl adjacent to an activating group) is 1. The van der Waals surface area contributed by atoms with Crippen molar-refractivity contribution in [2.75, 3.05) is 51.3 Å². The monoisotopic (exact) mass is 393 g/mol. The van der Waals surface area contributed by atoms with Gasteiger partial charge in [-0.25, -0.2) is 0 Å². The minimum absolute atomic E-state index is 0.0856. The van der Waals surface area contributed by atoms with Crippen LogP contribution in [-0.2, 0) is 14.4 Å². The van der Waals surface area contributed by atoms with E-state index in [1.807, 2.05) is 42.5 Å². The molecule has 0 saturated carbocycles. The number of quaternary nitrogens is 1. The number of nitrogens with zero attached hydrogens (tertiary/aromatic N) is 1. The fourth-order valence-electron chi connectivity index (χ4n) is 3.05. The van der Waals surface area contributed by atoms with Crippen LogP contribution in [0.3, 0.4) is 0 Å². The van der Waals surface area contributed by atoms with Gasteiger partial charge in [0.2, 0.25) is 5.91 Å². The van der Waals surface area contributed by atoms with E-state index in [2.05, 4.69) is 10.6 Å². The van der Waals surface area contributed by atoms with Gasteiger partial charge in [0.25, 0.3) is 11.8 Å². The van der Waals surface area contributed by atoms with E-state index in [1.165, 1.54) is 0 Å². The van der Waals surface area contributed by atoms with E-state index in [4.69, 9.17) is 0 Å². The highest BCUT2D eigenvalue weighted by Gasteiger charge is 2.19. The van der Waals surface area contributed by atoms with Crippen molar-refractivity contribution in [3.8, 4) is 0 Å². The van der Waals surface area contributed by atoms with Crippen LogP contribution in [0.2, 0.25) is 0 Å². The number of hydrogen-bond acceptors (Lipinski definition) is 4. The molecule has 3 amide bonds. The van der Waals surface area contributed by atoms with Crippen LogP contribution in [0.15, 0.2) is 29.2 Å². The first kappa shape index (κ1) is 21.2. The van der Waals surface area contributed by atoms with Crippen molar-refractivity contribution in [1.29, 1.82) is 0 Å². The van der Waals surface area contributed by atoms with Crippen molar-refractivity contribution in [1.82, 2.24) is 10.2 Å². The highest BCUT2D eigenvalue weighted by atomic mass is 32.2. The summed E-state index contributed by atoms with van der Waals surface area (Å²) in [4.78, 5) is 39.4. The lowest BCUT2D eigenvalue weighted by atomic mass is 10.3. The Bertz CT molecular complexity index is 668. The molecule has 0 aliphatic carbocycles. The van der Waals surface area contributed by atoms with Gasteiger partial charge >= 0.3 is 0 Å². The van der Waals surface area contributed by atoms with Gasteiger partial charge in [0.05, 0.1) is 12.7 Å². The molecule has 148 valence electrons. The van der Waals surface area contributed by atoms with E-state index in [9.17, 15) is 14.4 Å². The van der Waals surface area contributed by atoms with Crippen LogP contribution in [0.5, 0.6) is 0 Å². The van der Waals surface area contributed by atoms with Crippen LogP contribution in [0.25, 0.3) is 0 Å². The number of nitrogens with one attached hydrogen (secondary N) is 3. The third kappa shape index (κ3) is 7.22. The SMILES string of the molecule is CSc1ccccc1NC(=O)C[NH+](C)CC(=O)NCCCN1CCCC1=O. The zero-order valence-corrected chi connectivity index (χ0v) is 16.9. The van der Waals surface area contributed by atoms with Crippen LogP contribution in [-0.4, -0.2) is 68.6 Å². The number of hydrogen-bond donors (Lipinski definition) is 3. The summed E-state index contributed by atoms with van der Waals surface area (Å²) in [6, 6.07) is 7.65. The van der Waals surface area contributed by atoms with Crippen LogP contribution in [0.1, 0.15) is 19.3 Å². The van der Waals surface area contributed by atoms with Crippen molar-refractivity contribution in [2.45, 2.75) is 24.2 Å². The molecule has 1 fully saturated rings. The number of anilines is 1. The molecule has 7 nitrogen and oxygen atoms in total. The molecule has 27 heavy (non-hydrogen) atoms. The fourth-order valence-corrected chi connectivity index (χ4v) is 3.61. The van der Waals surface area contributed by atoms with Crippen LogP contribution >= 0.6 is 11.8 Å². The number of carbonyl (C=O) groups excluding carboxylic acids is 3. The lowest BCUT2D eigenvalue weighted by Gasteiger charge is -2.16. The normalized spacial score (nSPS) is 14.9. The molecule has 1 aromatic rings. The summed E-state index contributed by atoms with van der Waals surface area (Å²) < 4.78 is 0. The number of amides is 3. The summed E-state index contributed by atoms with van der Waals surface area (Å²) in [5, 5.41) is 5.76. The first-order chi connectivity index (χ1) is 13.0. The second-order valence-electron chi connectivity index (χ2n) is 6.75. The topological polar surface area (TPSA) is 82.9 Å². The Morgan fingerprint density at radius 1 is 1.22 bits per heavy atom. The molecule has 0 radical (unpaired) electrons. The standard InChI is InChI=1S/C19H28N4O3S/c1-22(14-18(25)21-15-7-3-4-8-16(15)27-2)13-17(24)20-10-6-12-23-11-5-9-19(23)26/h3-4,7-8H,5-6,9-14H2,1-2H3,(H,20,24)(H,21,25)/p+1. The Hall–Kier alpha value is -2.06. The maximum absolute atomic E-state index is 12.2. The quantitative estimate of drug-likeness (QED) is 0.386. The molecule has 3 N–H and O–H groups in total. The van der Waals surface area contributed by atoms with E-state index in [1.54, 1.807) is 11.8 Å². The summed E-state index contributed by atoms with van der Waals surface area (Å²) in [6.07, 6.45) is 4.29. The van der Waals surface area contributed by atoms with Gasteiger partial charge in [-0.05, 0) is 31.2 Å². The average Bonchev–Trinajstić information content (AvgIpc) is 3.04. The Morgan fingerprint density at radius 2 is 1.96 bits per heavy atom. The molecule has 0 spiro atoms. The summed E-state index contributed by atoms with van der Waals surface area (Å²) in [7, 11) is 1.82. The van der Waals surface area contributed by atoms with Gasteiger partial charge in [0.1, 0.15) is 0 Å². The second-order valence-corrected chi connectivity index (χ2v) is 7.60. The second kappa shape index (κ2) is 10.9. The Kier molecular flexibility index (Phi) is 8.60. The molecule has 1 saturated heterocycles. The Balaban J connectivity index is 1.63. The van der Waals surface area contributed by atoms with Crippen molar-refractivity contribution < 1.29 is 19.3 Å². The molecule has 0 aromatic heterocycles. The van der Waals surface area contributed by atoms with Crippen LogP contribution in [0.4, 0.5) is 5.69 Å². The first-order valence-corrected chi connectivity index (χ1v) is 10.5. The van der Waals surface area contributed by atoms with E-state index in [0.29, 0.717) is 19.5 Å². The summed E-state index contributed by atoms with van der Waals surface area (Å²) in [5.74, 6) is 0.00599. The molecular formula is C19H29N4O3S+. The van der Waals surface area contributed by atoms with Gasteiger partial charge in [0.15, 0.2) is 13.1 Å². The molecule has 8 heteroatoms. The van der Waals surface area contributed by atoms with Crippen LogP contribution < -0.4 is 15.5 Å². The highest BCUT2D eigenvalue weighted by Crippen LogP contribution is 2.24. The first-order valence-electron chi connectivity index (χ1n) is 9.28. The molecule has 0 bridgehead atoms. The fraction of sp³-hybridized carbons (Fsp3) is 0.526. The molecule has 1 aromatic carbocycles. The predicted octanol–water partition coefficient (Wildman–Crippen LogP) is -0.00960. The van der Waals surface area contributed by atoms with Crippen molar-refractivity contribution in [2.24, 2.45) is 0 Å². The number of benzene rings is 1. The third-order valence-corrected chi connectivity index (χ3v) is 5.20. The van der Waals surface area contributed by atoms with E-state index >= 15 is 0 Å². The van der Waals surface area contributed by atoms with Crippen molar-refractivity contribution >= 4 is 35.2 Å². The third-order valence-electron chi connectivity index (χ3n) is 4.40. The van der Waals surface area contributed by atoms with Crippen molar-refractivity contribution in [3.05, 3.63) is 24.3 Å². The Morgan fingerprint density at radius 3 is 2.67 bits per heavy atom. The molecule has 1 atom stereocenters. The van der Waals surface area contributed by atoms with Gasteiger partial charge in [-0.3, -0.25) is 14.4 Å². The van der Waals surface area contributed by atoms with Crippen molar-refractivity contribution in [3.63, 3.8) is 0 Å². The Labute approximate surface area is 164 Å². The largest absolute Gasteiger partial charge is 0.351 e. The zero-order chi connectivity index (χ0) is 19.6. The maximum atomic E-state index is 12.2. The van der Waals surface area contributed by atoms with E-state index in [0.717, 1.165) is 34.9 Å². The lowest BCUT2D eigenvalue weighted by Crippen LogP contribution is -3.11. The summed E-state index contributed by atoms with van der Waals surface area (Å²) >= 11 is 1.58. The smallest absolute Gasteiger partial charge is 0.279 e. The van der Waals surface area contributed by atoms with Gasteiger partial charge in [-0.1, -0.05) is 12.1 Å². The average molecular weight is 394 g/mol. The number of likely N-dealkylation sites (tertiary alicyclic amines) is 1. The predicted molar refractivity (Wildman–Crippen MR) is 107 cm³/mol. The van der Waals surface area contributed by atoms with E-state index in [-0.39, 0.29) is 30.8 Å². The van der Waals surface area contributed by atoms with Gasteiger partial charge in [0, 0.05) is 31.0 Å². The molecule has 2 rings (SSSR count). The van der Waals surface area contributed by atoms with Crippen LogP contribution in [0, 0.1) is 0 Å². The maximum Gasteiger partial charge on any atom is 0.279 e. The molecular weight excluding hydrogens is 364 g/mol. The number of para-hydroxylation sites is 1. The minimum atomic E-state index is -0.116. The number of rotatable bonds is 10. The molecule has 1 aliphatic rings. The van der Waals surface area contributed by atoms with Gasteiger partial charge < -0.3 is 20.4 Å². The lowest BCUT2D eigenvalue weighted by molar-refractivity contribution is -0.862. The van der Waals surface area contributed by atoms with Gasteiger partial charge in [-0.15, -0.1) is 11.8 Å². The van der Waals surface area contributed by atoms with Gasteiger partial charge in [-0.2, -0.15) is 0 Å². The summed E-state index contributed by atoms with van der Waals surface area (Å²) in [6.45, 7) is 2.52. The molecule has 1 aliphatic heterocycles. The zero-order valence-electron chi connectivity index (χ0n) is 16.0. The summed E-state index contributed by atoms with van der Waals surface area (Å²) in [5.41, 5.74) is 0.795. The number of thioether (sulfide) groups is 1. The molecule has 1 heterocycles. The number of carbonyl (C=O) groups is 3. The van der Waals surface area contributed by atoms with E-state index < -0.39 is 0 Å². The molecule has 1 unspecified atom stereocenters. The minimum Gasteiger partial charge on any atom is -0.351 e. The highest BCUT2D eigenvalue weighted by molar-refractivity contribution is 7.98.